The van der Waals surface area contributed by atoms with Crippen molar-refractivity contribution in [2.24, 2.45) is 7.05 Å². The molecule has 1 aromatic heterocycles. The van der Waals surface area contributed by atoms with Crippen molar-refractivity contribution in [1.82, 2.24) is 9.29 Å². The van der Waals surface area contributed by atoms with Crippen molar-refractivity contribution >= 4 is 38.6 Å². The van der Waals surface area contributed by atoms with Crippen LogP contribution < -0.4 is 44.3 Å². The van der Waals surface area contributed by atoms with Crippen LogP contribution in [0.25, 0.3) is 10.9 Å². The van der Waals surface area contributed by atoms with E-state index in [0.29, 0.717) is 17.9 Å². The maximum Gasteiger partial charge on any atom is 1.00 e. The van der Waals surface area contributed by atoms with Gasteiger partial charge in [-0.05, 0) is 79.3 Å². The number of nitrogens with zero attached hydrogens (tertiary/aromatic N) is 1. The van der Waals surface area contributed by atoms with E-state index in [9.17, 15) is 18.0 Å². The molecule has 0 saturated heterocycles. The molecule has 1 fully saturated rings. The molecule has 9 nitrogen and oxygen atoms in total. The summed E-state index contributed by atoms with van der Waals surface area (Å²) in [7, 11) is -0.557. The minimum Gasteiger partial charge on any atom is -1.00 e. The van der Waals surface area contributed by atoms with Gasteiger partial charge >= 0.3 is 35.7 Å². The van der Waals surface area contributed by atoms with Gasteiger partial charge in [0.1, 0.15) is 11.9 Å². The van der Waals surface area contributed by atoms with Gasteiger partial charge in [0.05, 0.1) is 12.0 Å². The van der Waals surface area contributed by atoms with E-state index in [1.165, 1.54) is 25.3 Å². The number of fused-ring (bicyclic) bond motifs is 1. The number of carbonyl (C=O) groups excluding carboxylic acids is 2. The van der Waals surface area contributed by atoms with Gasteiger partial charge < -0.3 is 15.5 Å². The number of benzene rings is 3. The Morgan fingerprint density at radius 2 is 1.73 bits per heavy atom. The molecular formula is C30H32N3NaO6S. The topological polar surface area (TPSA) is 116 Å². The number of amides is 2. The standard InChI is InChI=1S/C30H31N3O6S.Na.H/c1-33-19-22(26-18-23(14-15-27(26)33)31-30(35)39-24-8-6-7-9-24)16-20-12-13-21(17-28(20)38-2)29(34)32-40(36,37)25-10-4-3-5-11-25;;/h3-5,10-15,17-19,24H,6-9,16H2,1-2H3,(H,31,35)(H,32,34);;/q;+1;-1. The number of sulfonamides is 1. The zero-order chi connectivity index (χ0) is 28.3. The molecule has 1 saturated carbocycles. The number of methoxy groups -OCH3 is 1. The number of anilines is 1. The van der Waals surface area contributed by atoms with Crippen LogP contribution in [-0.4, -0.2) is 38.2 Å². The Labute approximate surface area is 263 Å². The smallest absolute Gasteiger partial charge is 1.00 e. The molecule has 11 heteroatoms. The number of ether oxygens (including phenoxy) is 2. The molecule has 1 aliphatic carbocycles. The number of aryl methyl sites for hydroxylation is 1. The Hall–Kier alpha value is -3.31. The van der Waals surface area contributed by atoms with Gasteiger partial charge in [-0.25, -0.2) is 17.9 Å². The van der Waals surface area contributed by atoms with Crippen molar-refractivity contribution in [3.63, 3.8) is 0 Å². The van der Waals surface area contributed by atoms with Crippen molar-refractivity contribution in [1.29, 1.82) is 0 Å². The Morgan fingerprint density at radius 3 is 2.44 bits per heavy atom. The fraction of sp³-hybridized carbons (Fsp3) is 0.267. The van der Waals surface area contributed by atoms with Gasteiger partial charge in [-0.3, -0.25) is 10.1 Å². The molecular weight excluding hydrogens is 553 g/mol. The molecule has 0 atom stereocenters. The number of carbonyl (C=O) groups is 2. The molecule has 0 bridgehead atoms. The van der Waals surface area contributed by atoms with Crippen LogP contribution in [0.1, 0.15) is 48.6 Å². The van der Waals surface area contributed by atoms with Crippen LogP contribution in [0.15, 0.2) is 77.8 Å². The van der Waals surface area contributed by atoms with Gasteiger partial charge in [0.2, 0.25) is 0 Å². The Morgan fingerprint density at radius 1 is 1.00 bits per heavy atom. The van der Waals surface area contributed by atoms with E-state index in [0.717, 1.165) is 47.7 Å². The Kier molecular flexibility index (Phi) is 9.80. The summed E-state index contributed by atoms with van der Waals surface area (Å²) in [5.41, 5.74) is 3.60. The predicted octanol–water partition coefficient (Wildman–Crippen LogP) is 2.50. The van der Waals surface area contributed by atoms with E-state index in [4.69, 9.17) is 9.47 Å². The summed E-state index contributed by atoms with van der Waals surface area (Å²) in [4.78, 5) is 25.2. The first-order valence-electron chi connectivity index (χ1n) is 13.1. The van der Waals surface area contributed by atoms with Crippen LogP contribution in [0, 0.1) is 0 Å². The van der Waals surface area contributed by atoms with Crippen LogP contribution in [0.4, 0.5) is 10.5 Å². The molecule has 4 aromatic rings. The second kappa shape index (κ2) is 13.1. The van der Waals surface area contributed by atoms with E-state index >= 15 is 0 Å². The molecule has 2 N–H and O–H groups in total. The van der Waals surface area contributed by atoms with Gasteiger partial charge in [0.15, 0.2) is 0 Å². The van der Waals surface area contributed by atoms with Gasteiger partial charge in [-0.2, -0.15) is 0 Å². The van der Waals surface area contributed by atoms with Gasteiger partial charge in [0.25, 0.3) is 15.9 Å². The Bertz CT molecular complexity index is 1670. The van der Waals surface area contributed by atoms with E-state index in [-0.39, 0.29) is 47.5 Å². The van der Waals surface area contributed by atoms with Crippen molar-refractivity contribution in [3.8, 4) is 5.75 Å². The minimum atomic E-state index is -4.01. The predicted molar refractivity (Wildman–Crippen MR) is 153 cm³/mol. The van der Waals surface area contributed by atoms with Crippen molar-refractivity contribution < 1.29 is 58.5 Å². The largest absolute Gasteiger partial charge is 1.00 e. The minimum absolute atomic E-state index is 0. The van der Waals surface area contributed by atoms with Gasteiger partial charge in [-0.1, -0.05) is 24.3 Å². The van der Waals surface area contributed by atoms with Crippen LogP contribution in [0.5, 0.6) is 5.75 Å². The van der Waals surface area contributed by atoms with Crippen LogP contribution in [0.2, 0.25) is 0 Å². The van der Waals surface area contributed by atoms with Crippen LogP contribution in [0.3, 0.4) is 0 Å². The summed E-state index contributed by atoms with van der Waals surface area (Å²) >= 11 is 0. The quantitative estimate of drug-likeness (QED) is 0.307. The monoisotopic (exact) mass is 585 g/mol. The molecule has 1 aliphatic rings. The fourth-order valence-corrected chi connectivity index (χ4v) is 6.07. The van der Waals surface area contributed by atoms with E-state index < -0.39 is 22.0 Å². The summed E-state index contributed by atoms with van der Waals surface area (Å²) in [6, 6.07) is 18.3. The molecule has 5 rings (SSSR count). The SMILES string of the molecule is COc1cc(C(=O)NS(=O)(=O)c2ccccc2)ccc1Cc1cn(C)c2ccc(NC(=O)OC3CCCC3)cc12.[H-].[Na+]. The van der Waals surface area contributed by atoms with Gasteiger partial charge in [-0.15, -0.1) is 0 Å². The number of rotatable bonds is 8. The molecule has 210 valence electrons. The number of aromatic nitrogens is 1. The zero-order valence-electron chi connectivity index (χ0n) is 24.3. The molecule has 0 unspecified atom stereocenters. The molecule has 0 radical (unpaired) electrons. The average Bonchev–Trinajstić information content (AvgIpc) is 3.56. The van der Waals surface area contributed by atoms with Crippen LogP contribution in [-0.2, 0) is 28.2 Å². The second-order valence-electron chi connectivity index (χ2n) is 9.89. The third-order valence-corrected chi connectivity index (χ3v) is 8.45. The number of nitrogens with one attached hydrogen (secondary N) is 2. The third kappa shape index (κ3) is 7.13. The molecule has 0 spiro atoms. The first kappa shape index (κ1) is 30.6. The number of hydrogen-bond acceptors (Lipinski definition) is 6. The second-order valence-corrected chi connectivity index (χ2v) is 11.6. The van der Waals surface area contributed by atoms with Crippen molar-refractivity contribution in [2.75, 3.05) is 12.4 Å². The van der Waals surface area contributed by atoms with Crippen LogP contribution >= 0.6 is 0 Å². The third-order valence-electron chi connectivity index (χ3n) is 7.11. The summed E-state index contributed by atoms with van der Waals surface area (Å²) in [6.07, 6.45) is 6.00. The molecule has 3 aromatic carbocycles. The first-order valence-corrected chi connectivity index (χ1v) is 14.6. The summed E-state index contributed by atoms with van der Waals surface area (Å²) in [5, 5.41) is 3.80. The maximum atomic E-state index is 12.8. The average molecular weight is 586 g/mol. The molecule has 2 amide bonds. The maximum absolute atomic E-state index is 12.8. The first-order chi connectivity index (χ1) is 19.2. The molecule has 0 aliphatic heterocycles. The summed E-state index contributed by atoms with van der Waals surface area (Å²) < 4.78 is 40.4. The van der Waals surface area contributed by atoms with Crippen molar-refractivity contribution in [3.05, 3.63) is 89.6 Å². The molecule has 41 heavy (non-hydrogen) atoms. The number of hydrogen-bond donors (Lipinski definition) is 2. The normalized spacial score (nSPS) is 13.4. The van der Waals surface area contributed by atoms with E-state index in [1.807, 2.05) is 36.0 Å². The molecule has 1 heterocycles. The zero-order valence-corrected chi connectivity index (χ0v) is 26.2. The fourth-order valence-electron chi connectivity index (χ4n) is 5.07. The Balaban J connectivity index is 0.00000242. The van der Waals surface area contributed by atoms with Crippen molar-refractivity contribution in [2.45, 2.75) is 43.1 Å². The summed E-state index contributed by atoms with van der Waals surface area (Å²) in [6.45, 7) is 0. The van der Waals surface area contributed by atoms with Gasteiger partial charge in [0, 0.05) is 41.8 Å². The van der Waals surface area contributed by atoms with E-state index in [2.05, 4.69) is 10.0 Å². The summed E-state index contributed by atoms with van der Waals surface area (Å²) in [5.74, 6) is -0.296. The van der Waals surface area contributed by atoms with E-state index in [1.54, 1.807) is 30.3 Å².